The Morgan fingerprint density at radius 1 is 1.69 bits per heavy atom. The molecule has 0 aromatic rings. The van der Waals surface area contributed by atoms with Crippen LogP contribution in [0.2, 0.25) is 0 Å². The van der Waals surface area contributed by atoms with Gasteiger partial charge in [-0.1, -0.05) is 6.08 Å². The standard InChI is InChI=1S/C10H18N2O/c1-2-3-4-7-11-9-6-5-8-12-10(9)13/h2,9,11H,1,3-8H2,(H,12,13). The van der Waals surface area contributed by atoms with Crippen LogP contribution in [0.3, 0.4) is 0 Å². The van der Waals surface area contributed by atoms with Crippen molar-refractivity contribution in [1.82, 2.24) is 10.6 Å². The van der Waals surface area contributed by atoms with Gasteiger partial charge in [-0.05, 0) is 32.2 Å². The van der Waals surface area contributed by atoms with Crippen molar-refractivity contribution in [3.8, 4) is 0 Å². The average molecular weight is 182 g/mol. The predicted octanol–water partition coefficient (Wildman–Crippen LogP) is 0.821. The summed E-state index contributed by atoms with van der Waals surface area (Å²) in [5, 5.41) is 6.10. The summed E-state index contributed by atoms with van der Waals surface area (Å²) < 4.78 is 0. The minimum atomic E-state index is 0.0403. The molecule has 0 spiro atoms. The van der Waals surface area contributed by atoms with Crippen molar-refractivity contribution in [3.05, 3.63) is 12.7 Å². The first-order chi connectivity index (χ1) is 6.34. The van der Waals surface area contributed by atoms with Gasteiger partial charge in [-0.15, -0.1) is 6.58 Å². The highest BCUT2D eigenvalue weighted by Crippen LogP contribution is 2.02. The summed E-state index contributed by atoms with van der Waals surface area (Å²) in [6, 6.07) is 0.0403. The SMILES string of the molecule is C=CCCCNC1CCCNC1=O. The molecule has 1 atom stereocenters. The second-order valence-corrected chi connectivity index (χ2v) is 3.37. The summed E-state index contributed by atoms with van der Waals surface area (Å²) in [7, 11) is 0. The summed E-state index contributed by atoms with van der Waals surface area (Å²) in [5.74, 6) is 0.157. The largest absolute Gasteiger partial charge is 0.355 e. The van der Waals surface area contributed by atoms with Gasteiger partial charge in [0.25, 0.3) is 0 Å². The summed E-state index contributed by atoms with van der Waals surface area (Å²) in [6.45, 7) is 5.40. The zero-order valence-corrected chi connectivity index (χ0v) is 8.01. The van der Waals surface area contributed by atoms with Crippen LogP contribution in [-0.4, -0.2) is 25.0 Å². The maximum atomic E-state index is 11.3. The molecule has 1 aliphatic rings. The van der Waals surface area contributed by atoms with Gasteiger partial charge in [-0.3, -0.25) is 4.79 Å². The molecule has 0 aliphatic carbocycles. The van der Waals surface area contributed by atoms with Crippen LogP contribution in [0, 0.1) is 0 Å². The van der Waals surface area contributed by atoms with Crippen LogP contribution < -0.4 is 10.6 Å². The first kappa shape index (κ1) is 10.3. The third kappa shape index (κ3) is 3.59. The molecule has 1 rings (SSSR count). The fourth-order valence-electron chi connectivity index (χ4n) is 1.49. The lowest BCUT2D eigenvalue weighted by atomic mass is 10.1. The number of allylic oxidation sites excluding steroid dienone is 1. The van der Waals surface area contributed by atoms with Crippen molar-refractivity contribution < 1.29 is 4.79 Å². The van der Waals surface area contributed by atoms with E-state index >= 15 is 0 Å². The van der Waals surface area contributed by atoms with Gasteiger partial charge in [0.1, 0.15) is 0 Å². The second kappa shape index (κ2) is 5.75. The Hall–Kier alpha value is -0.830. The molecule has 0 bridgehead atoms. The molecule has 0 aromatic carbocycles. The molecular weight excluding hydrogens is 164 g/mol. The average Bonchev–Trinajstić information content (AvgIpc) is 2.15. The molecule has 0 radical (unpaired) electrons. The Morgan fingerprint density at radius 3 is 3.23 bits per heavy atom. The van der Waals surface area contributed by atoms with E-state index in [1.54, 1.807) is 0 Å². The highest BCUT2D eigenvalue weighted by atomic mass is 16.2. The zero-order valence-electron chi connectivity index (χ0n) is 8.01. The van der Waals surface area contributed by atoms with E-state index in [0.717, 1.165) is 38.8 Å². The van der Waals surface area contributed by atoms with Crippen LogP contribution in [0.15, 0.2) is 12.7 Å². The topological polar surface area (TPSA) is 41.1 Å². The van der Waals surface area contributed by atoms with Crippen molar-refractivity contribution in [3.63, 3.8) is 0 Å². The fraction of sp³-hybridized carbons (Fsp3) is 0.700. The molecule has 1 aliphatic heterocycles. The first-order valence-electron chi connectivity index (χ1n) is 4.96. The highest BCUT2D eigenvalue weighted by molar-refractivity contribution is 5.82. The lowest BCUT2D eigenvalue weighted by Crippen LogP contribution is -2.48. The maximum absolute atomic E-state index is 11.3. The number of rotatable bonds is 5. The first-order valence-corrected chi connectivity index (χ1v) is 4.96. The minimum absolute atomic E-state index is 0.0403. The molecule has 13 heavy (non-hydrogen) atoms. The van der Waals surface area contributed by atoms with Gasteiger partial charge in [0.05, 0.1) is 6.04 Å². The number of hydrogen-bond donors (Lipinski definition) is 2. The molecule has 1 unspecified atom stereocenters. The third-order valence-electron chi connectivity index (χ3n) is 2.26. The molecule has 74 valence electrons. The van der Waals surface area contributed by atoms with Crippen molar-refractivity contribution in [2.24, 2.45) is 0 Å². The van der Waals surface area contributed by atoms with Gasteiger partial charge in [-0.2, -0.15) is 0 Å². The molecule has 3 nitrogen and oxygen atoms in total. The number of hydrogen-bond acceptors (Lipinski definition) is 2. The van der Waals surface area contributed by atoms with E-state index in [2.05, 4.69) is 17.2 Å². The molecule has 1 fully saturated rings. The van der Waals surface area contributed by atoms with Crippen LogP contribution in [-0.2, 0) is 4.79 Å². The van der Waals surface area contributed by atoms with Crippen LogP contribution in [0.4, 0.5) is 0 Å². The Labute approximate surface area is 79.6 Å². The Balaban J connectivity index is 2.11. The monoisotopic (exact) mass is 182 g/mol. The number of carbonyl (C=O) groups excluding carboxylic acids is 1. The lowest BCUT2D eigenvalue weighted by Gasteiger charge is -2.22. The van der Waals surface area contributed by atoms with E-state index < -0.39 is 0 Å². The van der Waals surface area contributed by atoms with E-state index in [1.807, 2.05) is 6.08 Å². The molecule has 1 saturated heterocycles. The number of carbonyl (C=O) groups is 1. The minimum Gasteiger partial charge on any atom is -0.355 e. The van der Waals surface area contributed by atoms with E-state index in [9.17, 15) is 4.79 Å². The summed E-state index contributed by atoms with van der Waals surface area (Å²) in [4.78, 5) is 11.3. The molecule has 0 aromatic heterocycles. The Kier molecular flexibility index (Phi) is 4.54. The normalized spacial score (nSPS) is 22.5. The molecule has 2 N–H and O–H groups in total. The third-order valence-corrected chi connectivity index (χ3v) is 2.26. The predicted molar refractivity (Wildman–Crippen MR) is 53.5 cm³/mol. The van der Waals surface area contributed by atoms with E-state index in [-0.39, 0.29) is 11.9 Å². The van der Waals surface area contributed by atoms with Crippen LogP contribution in [0.1, 0.15) is 25.7 Å². The Morgan fingerprint density at radius 2 is 2.54 bits per heavy atom. The molecule has 1 amide bonds. The smallest absolute Gasteiger partial charge is 0.237 e. The van der Waals surface area contributed by atoms with Gasteiger partial charge in [0.2, 0.25) is 5.91 Å². The number of amides is 1. The van der Waals surface area contributed by atoms with Gasteiger partial charge in [-0.25, -0.2) is 0 Å². The zero-order chi connectivity index (χ0) is 9.52. The molecule has 3 heteroatoms. The molecule has 1 heterocycles. The van der Waals surface area contributed by atoms with Crippen molar-refractivity contribution in [2.75, 3.05) is 13.1 Å². The van der Waals surface area contributed by atoms with Crippen molar-refractivity contribution in [2.45, 2.75) is 31.7 Å². The van der Waals surface area contributed by atoms with Gasteiger partial charge in [0, 0.05) is 6.54 Å². The summed E-state index contributed by atoms with van der Waals surface area (Å²) in [6.07, 6.45) is 6.04. The molecular formula is C10H18N2O. The highest BCUT2D eigenvalue weighted by Gasteiger charge is 2.20. The second-order valence-electron chi connectivity index (χ2n) is 3.37. The van der Waals surface area contributed by atoms with Gasteiger partial charge in [0.15, 0.2) is 0 Å². The van der Waals surface area contributed by atoms with Gasteiger partial charge < -0.3 is 10.6 Å². The lowest BCUT2D eigenvalue weighted by molar-refractivity contribution is -0.124. The van der Waals surface area contributed by atoms with E-state index in [4.69, 9.17) is 0 Å². The van der Waals surface area contributed by atoms with Crippen LogP contribution >= 0.6 is 0 Å². The number of piperidine rings is 1. The quantitative estimate of drug-likeness (QED) is 0.488. The summed E-state index contributed by atoms with van der Waals surface area (Å²) >= 11 is 0. The van der Waals surface area contributed by atoms with E-state index in [0.29, 0.717) is 0 Å². The van der Waals surface area contributed by atoms with E-state index in [1.165, 1.54) is 0 Å². The van der Waals surface area contributed by atoms with Gasteiger partial charge >= 0.3 is 0 Å². The summed E-state index contributed by atoms with van der Waals surface area (Å²) in [5.41, 5.74) is 0. The number of nitrogens with one attached hydrogen (secondary N) is 2. The van der Waals surface area contributed by atoms with Crippen LogP contribution in [0.25, 0.3) is 0 Å². The fourth-order valence-corrected chi connectivity index (χ4v) is 1.49. The number of unbranched alkanes of at least 4 members (excludes halogenated alkanes) is 1. The maximum Gasteiger partial charge on any atom is 0.237 e. The van der Waals surface area contributed by atoms with Crippen molar-refractivity contribution in [1.29, 1.82) is 0 Å². The Bertz CT molecular complexity index is 180. The molecule has 0 saturated carbocycles. The van der Waals surface area contributed by atoms with Crippen molar-refractivity contribution >= 4 is 5.91 Å². The van der Waals surface area contributed by atoms with Crippen LogP contribution in [0.5, 0.6) is 0 Å².